The highest BCUT2D eigenvalue weighted by Crippen LogP contribution is 2.49. The number of ether oxygens (including phenoxy) is 1. The van der Waals surface area contributed by atoms with Crippen molar-refractivity contribution in [1.29, 1.82) is 0 Å². The summed E-state index contributed by atoms with van der Waals surface area (Å²) in [5.74, 6) is 3.54. The normalized spacial score (nSPS) is 29.5. The van der Waals surface area contributed by atoms with Crippen LogP contribution in [0.15, 0.2) is 24.3 Å². The van der Waals surface area contributed by atoms with Crippen molar-refractivity contribution in [2.24, 2.45) is 17.8 Å². The third-order valence-corrected chi connectivity index (χ3v) is 5.57. The summed E-state index contributed by atoms with van der Waals surface area (Å²) < 4.78 is 5.64. The second-order valence-electron chi connectivity index (χ2n) is 7.31. The molecule has 2 aliphatic rings. The van der Waals surface area contributed by atoms with Crippen molar-refractivity contribution in [1.82, 2.24) is 5.32 Å². The molecular weight excluding hydrogens is 274 g/mol. The number of aliphatic hydroxyl groups is 1. The SMILES string of the molecule is Cc1ccc(OC[C@H](O)CN[C@@H](C)[C@@H]2C[C@H]3CC[C@H]2C3)cc1. The van der Waals surface area contributed by atoms with Gasteiger partial charge in [-0.2, -0.15) is 0 Å². The van der Waals surface area contributed by atoms with Crippen molar-refractivity contribution in [2.75, 3.05) is 13.2 Å². The van der Waals surface area contributed by atoms with Gasteiger partial charge in [-0.3, -0.25) is 0 Å². The molecule has 2 fully saturated rings. The van der Waals surface area contributed by atoms with Gasteiger partial charge in [0.2, 0.25) is 0 Å². The summed E-state index contributed by atoms with van der Waals surface area (Å²) in [4.78, 5) is 0. The molecule has 2 saturated carbocycles. The molecule has 1 aromatic rings. The first-order valence-corrected chi connectivity index (χ1v) is 8.72. The number of nitrogens with one attached hydrogen (secondary N) is 1. The summed E-state index contributed by atoms with van der Waals surface area (Å²) in [5, 5.41) is 13.6. The molecule has 5 atom stereocenters. The average Bonchev–Trinajstić information content (AvgIpc) is 3.15. The van der Waals surface area contributed by atoms with Gasteiger partial charge in [0, 0.05) is 12.6 Å². The summed E-state index contributed by atoms with van der Waals surface area (Å²) >= 11 is 0. The summed E-state index contributed by atoms with van der Waals surface area (Å²) in [5.41, 5.74) is 1.22. The van der Waals surface area contributed by atoms with Crippen LogP contribution in [0.2, 0.25) is 0 Å². The highest BCUT2D eigenvalue weighted by molar-refractivity contribution is 5.26. The Bertz CT molecular complexity index is 473. The number of hydrogen-bond donors (Lipinski definition) is 2. The van der Waals surface area contributed by atoms with Crippen molar-refractivity contribution < 1.29 is 9.84 Å². The van der Waals surface area contributed by atoms with Crippen LogP contribution in [0.25, 0.3) is 0 Å². The van der Waals surface area contributed by atoms with E-state index in [1.165, 1.54) is 31.2 Å². The molecule has 0 heterocycles. The highest BCUT2D eigenvalue weighted by Gasteiger charge is 2.41. The number of rotatable bonds is 7. The van der Waals surface area contributed by atoms with E-state index < -0.39 is 6.10 Å². The van der Waals surface area contributed by atoms with Gasteiger partial charge in [-0.1, -0.05) is 24.1 Å². The molecule has 0 spiro atoms. The van der Waals surface area contributed by atoms with Gasteiger partial charge in [0.05, 0.1) is 0 Å². The summed E-state index contributed by atoms with van der Waals surface area (Å²) in [7, 11) is 0. The fourth-order valence-corrected chi connectivity index (χ4v) is 4.27. The van der Waals surface area contributed by atoms with Gasteiger partial charge >= 0.3 is 0 Å². The first-order valence-electron chi connectivity index (χ1n) is 8.72. The Morgan fingerprint density at radius 1 is 1.23 bits per heavy atom. The zero-order valence-corrected chi connectivity index (χ0v) is 13.8. The maximum Gasteiger partial charge on any atom is 0.119 e. The van der Waals surface area contributed by atoms with Crippen molar-refractivity contribution >= 4 is 0 Å². The molecular formula is C19H29NO2. The fourth-order valence-electron chi connectivity index (χ4n) is 4.27. The maximum absolute atomic E-state index is 10.1. The Balaban J connectivity index is 1.37. The minimum absolute atomic E-state index is 0.347. The lowest BCUT2D eigenvalue weighted by atomic mass is 9.84. The van der Waals surface area contributed by atoms with Gasteiger partial charge in [0.15, 0.2) is 0 Å². The number of benzene rings is 1. The van der Waals surface area contributed by atoms with Gasteiger partial charge in [-0.25, -0.2) is 0 Å². The van der Waals surface area contributed by atoms with Gasteiger partial charge in [0.1, 0.15) is 18.5 Å². The molecule has 0 unspecified atom stereocenters. The fraction of sp³-hybridized carbons (Fsp3) is 0.684. The molecule has 2 bridgehead atoms. The monoisotopic (exact) mass is 303 g/mol. The second-order valence-corrected chi connectivity index (χ2v) is 7.31. The van der Waals surface area contributed by atoms with Crippen LogP contribution in [0.1, 0.15) is 38.2 Å². The van der Waals surface area contributed by atoms with E-state index in [-0.39, 0.29) is 0 Å². The lowest BCUT2D eigenvalue weighted by molar-refractivity contribution is 0.0993. The van der Waals surface area contributed by atoms with Crippen LogP contribution < -0.4 is 10.1 Å². The van der Waals surface area contributed by atoms with Crippen LogP contribution in [0.4, 0.5) is 0 Å². The molecule has 22 heavy (non-hydrogen) atoms. The van der Waals surface area contributed by atoms with Gasteiger partial charge in [0.25, 0.3) is 0 Å². The molecule has 0 aromatic heterocycles. The predicted octanol–water partition coefficient (Wildman–Crippen LogP) is 3.15. The highest BCUT2D eigenvalue weighted by atomic mass is 16.5. The molecule has 1 aromatic carbocycles. The van der Waals surface area contributed by atoms with E-state index in [9.17, 15) is 5.11 Å². The molecule has 0 amide bonds. The van der Waals surface area contributed by atoms with Crippen molar-refractivity contribution in [3.05, 3.63) is 29.8 Å². The zero-order valence-electron chi connectivity index (χ0n) is 13.8. The predicted molar refractivity (Wildman–Crippen MR) is 89.1 cm³/mol. The molecule has 0 saturated heterocycles. The standard InChI is InChI=1S/C19H29NO2/c1-13-3-7-18(8-4-13)22-12-17(21)11-20-14(2)19-10-15-5-6-16(19)9-15/h3-4,7-8,14-17,19-21H,5-6,9-12H2,1-2H3/t14-,15-,16-,17+,19-/m0/s1. The Morgan fingerprint density at radius 2 is 2.00 bits per heavy atom. The molecule has 0 radical (unpaired) electrons. The van der Waals surface area contributed by atoms with Crippen LogP contribution in [-0.2, 0) is 0 Å². The Kier molecular flexibility index (Phi) is 5.04. The maximum atomic E-state index is 10.1. The van der Waals surface area contributed by atoms with E-state index in [1.54, 1.807) is 0 Å². The third kappa shape index (κ3) is 3.82. The summed E-state index contributed by atoms with van der Waals surface area (Å²) in [6.45, 7) is 5.29. The van der Waals surface area contributed by atoms with E-state index in [0.717, 1.165) is 23.5 Å². The van der Waals surface area contributed by atoms with Crippen LogP contribution >= 0.6 is 0 Å². The molecule has 3 heteroatoms. The lowest BCUT2D eigenvalue weighted by Crippen LogP contribution is -2.41. The largest absolute Gasteiger partial charge is 0.491 e. The van der Waals surface area contributed by atoms with E-state index in [4.69, 9.17) is 4.74 Å². The molecule has 3 nitrogen and oxygen atoms in total. The number of hydrogen-bond acceptors (Lipinski definition) is 3. The van der Waals surface area contributed by atoms with Crippen LogP contribution in [0.5, 0.6) is 5.75 Å². The first kappa shape index (κ1) is 15.8. The van der Waals surface area contributed by atoms with E-state index in [0.29, 0.717) is 19.2 Å². The minimum Gasteiger partial charge on any atom is -0.491 e. The molecule has 2 aliphatic carbocycles. The Hall–Kier alpha value is -1.06. The van der Waals surface area contributed by atoms with Crippen molar-refractivity contribution in [3.8, 4) is 5.75 Å². The van der Waals surface area contributed by atoms with Crippen LogP contribution in [0.3, 0.4) is 0 Å². The lowest BCUT2D eigenvalue weighted by Gasteiger charge is -2.29. The number of aryl methyl sites for hydroxylation is 1. The quantitative estimate of drug-likeness (QED) is 0.813. The number of fused-ring (bicyclic) bond motifs is 2. The summed E-state index contributed by atoms with van der Waals surface area (Å²) in [6.07, 6.45) is 5.23. The van der Waals surface area contributed by atoms with Crippen molar-refractivity contribution in [2.45, 2.75) is 51.7 Å². The Morgan fingerprint density at radius 3 is 2.64 bits per heavy atom. The van der Waals surface area contributed by atoms with Gasteiger partial charge < -0.3 is 15.2 Å². The van der Waals surface area contributed by atoms with Gasteiger partial charge in [-0.15, -0.1) is 0 Å². The number of aliphatic hydroxyl groups excluding tert-OH is 1. The third-order valence-electron chi connectivity index (χ3n) is 5.57. The Labute approximate surface area is 134 Å². The first-order chi connectivity index (χ1) is 10.6. The molecule has 0 aliphatic heterocycles. The van der Waals surface area contributed by atoms with E-state index in [1.807, 2.05) is 24.3 Å². The smallest absolute Gasteiger partial charge is 0.119 e. The van der Waals surface area contributed by atoms with Crippen molar-refractivity contribution in [3.63, 3.8) is 0 Å². The molecule has 122 valence electrons. The molecule has 2 N–H and O–H groups in total. The second kappa shape index (κ2) is 7.01. The van der Waals surface area contributed by atoms with Gasteiger partial charge in [-0.05, 0) is 63.0 Å². The van der Waals surface area contributed by atoms with E-state index in [2.05, 4.69) is 19.2 Å². The zero-order chi connectivity index (χ0) is 15.5. The minimum atomic E-state index is -0.456. The van der Waals surface area contributed by atoms with E-state index >= 15 is 0 Å². The molecule has 3 rings (SSSR count). The summed E-state index contributed by atoms with van der Waals surface area (Å²) in [6, 6.07) is 8.46. The topological polar surface area (TPSA) is 41.5 Å². The van der Waals surface area contributed by atoms with Crippen LogP contribution in [-0.4, -0.2) is 30.4 Å². The average molecular weight is 303 g/mol. The van der Waals surface area contributed by atoms with Crippen LogP contribution in [0, 0.1) is 24.7 Å².